The van der Waals surface area contributed by atoms with E-state index in [0.717, 1.165) is 25.3 Å². The third-order valence-corrected chi connectivity index (χ3v) is 2.45. The van der Waals surface area contributed by atoms with Gasteiger partial charge in [0.25, 0.3) is 0 Å². The lowest BCUT2D eigenvalue weighted by atomic mass is 10.1. The summed E-state index contributed by atoms with van der Waals surface area (Å²) in [6.07, 6.45) is 2.59. The topological polar surface area (TPSA) is 67.0 Å². The Hall–Kier alpha value is -1.36. The summed E-state index contributed by atoms with van der Waals surface area (Å²) < 4.78 is 4.59. The van der Waals surface area contributed by atoms with E-state index in [2.05, 4.69) is 20.0 Å². The fraction of sp³-hybridized carbons (Fsp3) is 0.556. The molecule has 0 bridgehead atoms. The molecule has 1 unspecified atom stereocenters. The van der Waals surface area contributed by atoms with Crippen LogP contribution in [0.3, 0.4) is 0 Å². The third-order valence-electron chi connectivity index (χ3n) is 2.45. The number of aromatic amines is 1. The highest BCUT2D eigenvalue weighted by molar-refractivity contribution is 5.86. The van der Waals surface area contributed by atoms with Crippen molar-refractivity contribution in [3.8, 4) is 0 Å². The van der Waals surface area contributed by atoms with Crippen molar-refractivity contribution >= 4 is 5.97 Å². The second kappa shape index (κ2) is 3.79. The number of rotatable bonds is 2. The summed E-state index contributed by atoms with van der Waals surface area (Å²) in [5.41, 5.74) is 0.425. The molecule has 76 valence electrons. The fourth-order valence-corrected chi connectivity index (χ4v) is 1.65. The molecule has 5 nitrogen and oxygen atoms in total. The average Bonchev–Trinajstić information content (AvgIpc) is 2.86. The van der Waals surface area contributed by atoms with E-state index in [1.165, 1.54) is 13.3 Å². The van der Waals surface area contributed by atoms with Crippen molar-refractivity contribution < 1.29 is 9.53 Å². The van der Waals surface area contributed by atoms with Gasteiger partial charge >= 0.3 is 5.97 Å². The molecule has 1 aromatic heterocycles. The van der Waals surface area contributed by atoms with E-state index in [9.17, 15) is 4.79 Å². The van der Waals surface area contributed by atoms with Gasteiger partial charge in [-0.25, -0.2) is 9.78 Å². The molecule has 1 aliphatic heterocycles. The number of aromatic nitrogens is 2. The minimum atomic E-state index is -0.366. The first-order valence-electron chi connectivity index (χ1n) is 4.65. The Morgan fingerprint density at radius 3 is 3.21 bits per heavy atom. The van der Waals surface area contributed by atoms with Crippen molar-refractivity contribution in [2.45, 2.75) is 12.3 Å². The molecule has 0 saturated carbocycles. The summed E-state index contributed by atoms with van der Waals surface area (Å²) in [7, 11) is 1.36. The van der Waals surface area contributed by atoms with Crippen LogP contribution in [-0.2, 0) is 4.74 Å². The van der Waals surface area contributed by atoms with E-state index in [1.807, 2.05) is 0 Å². The van der Waals surface area contributed by atoms with Crippen LogP contribution in [0, 0.1) is 0 Å². The summed E-state index contributed by atoms with van der Waals surface area (Å²) in [6.45, 7) is 1.94. The highest BCUT2D eigenvalue weighted by atomic mass is 16.5. The molecule has 0 aromatic carbocycles. The monoisotopic (exact) mass is 195 g/mol. The molecule has 0 spiro atoms. The predicted molar refractivity (Wildman–Crippen MR) is 50.2 cm³/mol. The number of carbonyl (C=O) groups excluding carboxylic acids is 1. The number of hydrogen-bond acceptors (Lipinski definition) is 4. The van der Waals surface area contributed by atoms with Gasteiger partial charge in [-0.2, -0.15) is 0 Å². The fourth-order valence-electron chi connectivity index (χ4n) is 1.65. The summed E-state index contributed by atoms with van der Waals surface area (Å²) in [6, 6.07) is 0. The Morgan fingerprint density at radius 1 is 1.71 bits per heavy atom. The lowest BCUT2D eigenvalue weighted by Crippen LogP contribution is -2.09. The SMILES string of the molecule is COC(=O)c1cnc(C2CCNC2)[nH]1. The Kier molecular flexibility index (Phi) is 2.49. The normalized spacial score (nSPS) is 21.1. The molecule has 0 aliphatic carbocycles. The Balaban J connectivity index is 2.12. The van der Waals surface area contributed by atoms with Crippen LogP contribution in [0.1, 0.15) is 28.7 Å². The van der Waals surface area contributed by atoms with Crippen LogP contribution >= 0.6 is 0 Å². The Bertz CT molecular complexity index is 329. The van der Waals surface area contributed by atoms with Gasteiger partial charge in [0.2, 0.25) is 0 Å². The molecule has 1 fully saturated rings. The van der Waals surface area contributed by atoms with Crippen molar-refractivity contribution in [3.63, 3.8) is 0 Å². The highest BCUT2D eigenvalue weighted by Gasteiger charge is 2.20. The largest absolute Gasteiger partial charge is 0.464 e. The van der Waals surface area contributed by atoms with Gasteiger partial charge < -0.3 is 15.0 Å². The first-order valence-corrected chi connectivity index (χ1v) is 4.65. The second-order valence-electron chi connectivity index (χ2n) is 3.36. The van der Waals surface area contributed by atoms with E-state index in [0.29, 0.717) is 11.6 Å². The summed E-state index contributed by atoms with van der Waals surface area (Å²) >= 11 is 0. The number of carbonyl (C=O) groups is 1. The van der Waals surface area contributed by atoms with E-state index in [1.54, 1.807) is 0 Å². The van der Waals surface area contributed by atoms with E-state index in [-0.39, 0.29) is 5.97 Å². The predicted octanol–water partition coefficient (Wildman–Crippen LogP) is 0.273. The molecule has 14 heavy (non-hydrogen) atoms. The van der Waals surface area contributed by atoms with Crippen LogP contribution in [0.4, 0.5) is 0 Å². The molecule has 5 heteroatoms. The smallest absolute Gasteiger partial charge is 0.356 e. The third kappa shape index (κ3) is 1.63. The number of nitrogens with zero attached hydrogens (tertiary/aromatic N) is 1. The van der Waals surface area contributed by atoms with Crippen molar-refractivity contribution in [2.75, 3.05) is 20.2 Å². The number of ether oxygens (including phenoxy) is 1. The van der Waals surface area contributed by atoms with Crippen LogP contribution in [-0.4, -0.2) is 36.1 Å². The maximum atomic E-state index is 11.1. The molecule has 0 radical (unpaired) electrons. The van der Waals surface area contributed by atoms with Gasteiger partial charge in [0, 0.05) is 12.5 Å². The molecule has 0 amide bonds. The van der Waals surface area contributed by atoms with Crippen molar-refractivity contribution in [2.24, 2.45) is 0 Å². The highest BCUT2D eigenvalue weighted by Crippen LogP contribution is 2.19. The Morgan fingerprint density at radius 2 is 2.57 bits per heavy atom. The zero-order chi connectivity index (χ0) is 9.97. The van der Waals surface area contributed by atoms with E-state index >= 15 is 0 Å². The molecule has 2 rings (SSSR count). The standard InChI is InChI=1S/C9H13N3O2/c1-14-9(13)7-5-11-8(12-7)6-2-3-10-4-6/h5-6,10H,2-4H2,1H3,(H,11,12). The van der Waals surface area contributed by atoms with Crippen LogP contribution in [0.2, 0.25) is 0 Å². The van der Waals surface area contributed by atoms with Crippen molar-refractivity contribution in [3.05, 3.63) is 17.7 Å². The van der Waals surface area contributed by atoms with Gasteiger partial charge in [0.15, 0.2) is 0 Å². The van der Waals surface area contributed by atoms with Crippen molar-refractivity contribution in [1.29, 1.82) is 0 Å². The average molecular weight is 195 g/mol. The summed E-state index contributed by atoms with van der Waals surface area (Å²) in [5.74, 6) is 0.901. The first-order chi connectivity index (χ1) is 6.81. The van der Waals surface area contributed by atoms with Gasteiger partial charge in [0.05, 0.1) is 13.3 Å². The maximum absolute atomic E-state index is 11.1. The first kappa shape index (κ1) is 9.21. The molecule has 1 atom stereocenters. The van der Waals surface area contributed by atoms with E-state index in [4.69, 9.17) is 0 Å². The number of imidazole rings is 1. The van der Waals surface area contributed by atoms with Gasteiger partial charge in [-0.05, 0) is 13.0 Å². The minimum Gasteiger partial charge on any atom is -0.464 e. The van der Waals surface area contributed by atoms with Gasteiger partial charge in [-0.15, -0.1) is 0 Å². The molecule has 1 aromatic rings. The number of H-pyrrole nitrogens is 1. The van der Waals surface area contributed by atoms with Crippen LogP contribution in [0.5, 0.6) is 0 Å². The molecule has 2 N–H and O–H groups in total. The van der Waals surface area contributed by atoms with Crippen LogP contribution in [0.15, 0.2) is 6.20 Å². The zero-order valence-electron chi connectivity index (χ0n) is 8.04. The second-order valence-corrected chi connectivity index (χ2v) is 3.36. The summed E-state index contributed by atoms with van der Waals surface area (Å²) in [4.78, 5) is 18.3. The van der Waals surface area contributed by atoms with Gasteiger partial charge in [-0.3, -0.25) is 0 Å². The van der Waals surface area contributed by atoms with Gasteiger partial charge in [0.1, 0.15) is 11.5 Å². The zero-order valence-corrected chi connectivity index (χ0v) is 8.04. The maximum Gasteiger partial charge on any atom is 0.356 e. The van der Waals surface area contributed by atoms with Crippen LogP contribution < -0.4 is 5.32 Å². The number of hydrogen-bond donors (Lipinski definition) is 2. The molecule has 2 heterocycles. The minimum absolute atomic E-state index is 0.366. The lowest BCUT2D eigenvalue weighted by Gasteiger charge is -2.02. The number of esters is 1. The van der Waals surface area contributed by atoms with Crippen LogP contribution in [0.25, 0.3) is 0 Å². The van der Waals surface area contributed by atoms with Crippen molar-refractivity contribution in [1.82, 2.24) is 15.3 Å². The molecular weight excluding hydrogens is 182 g/mol. The number of nitrogens with one attached hydrogen (secondary N) is 2. The molecule has 1 aliphatic rings. The van der Waals surface area contributed by atoms with E-state index < -0.39 is 0 Å². The summed E-state index contributed by atoms with van der Waals surface area (Å²) in [5, 5.41) is 3.25. The molecular formula is C9H13N3O2. The number of methoxy groups -OCH3 is 1. The Labute approximate surface area is 81.9 Å². The molecule has 1 saturated heterocycles. The lowest BCUT2D eigenvalue weighted by molar-refractivity contribution is 0.0594. The van der Waals surface area contributed by atoms with Gasteiger partial charge in [-0.1, -0.05) is 0 Å². The quantitative estimate of drug-likeness (QED) is 0.665.